The standard InChI is InChI=1S/CH4O.ClH.H3NO/c1-2;;1-2/h2H,1H3;1H;2H,1H2. The number of halogens is 1. The van der Waals surface area contributed by atoms with Crippen LogP contribution in [0.4, 0.5) is 0 Å². The number of hydrogen-bond donors (Lipinski definition) is 3. The van der Waals surface area contributed by atoms with Crippen LogP contribution in [0.25, 0.3) is 0 Å². The van der Waals surface area contributed by atoms with E-state index < -0.39 is 0 Å². The van der Waals surface area contributed by atoms with Crippen molar-refractivity contribution in [1.82, 2.24) is 0 Å². The second-order valence-electron chi connectivity index (χ2n) is 0. The molecule has 5 heavy (non-hydrogen) atoms. The van der Waals surface area contributed by atoms with Gasteiger partial charge in [0.25, 0.3) is 0 Å². The Morgan fingerprint density at radius 1 is 1.20 bits per heavy atom. The van der Waals surface area contributed by atoms with Crippen LogP contribution in [0.1, 0.15) is 0 Å². The zero-order valence-corrected chi connectivity index (χ0v) is 3.70. The van der Waals surface area contributed by atoms with Crippen molar-refractivity contribution < 1.29 is 10.3 Å². The number of aliphatic hydroxyl groups excluding tert-OH is 1. The molecule has 0 rings (SSSR count). The van der Waals surface area contributed by atoms with Gasteiger partial charge in [-0.3, -0.25) is 0 Å². The summed E-state index contributed by atoms with van der Waals surface area (Å²) in [5.41, 5.74) is 0. The number of nitrogens with two attached hydrogens (primary N) is 1. The molecule has 0 atom stereocenters. The van der Waals surface area contributed by atoms with E-state index in [4.69, 9.17) is 10.3 Å². The Labute approximate surface area is 36.8 Å². The first-order valence-electron chi connectivity index (χ1n) is 0.705. The second-order valence-corrected chi connectivity index (χ2v) is 0. The van der Waals surface area contributed by atoms with E-state index in [0.29, 0.717) is 0 Å². The van der Waals surface area contributed by atoms with Crippen LogP contribution in [-0.2, 0) is 0 Å². The van der Waals surface area contributed by atoms with Gasteiger partial charge in [-0.15, -0.1) is 12.4 Å². The summed E-state index contributed by atoms with van der Waals surface area (Å²) in [4.78, 5) is 0. The molecule has 0 bridgehead atoms. The summed E-state index contributed by atoms with van der Waals surface area (Å²) in [6, 6.07) is 0. The Morgan fingerprint density at radius 3 is 1.20 bits per heavy atom. The minimum absolute atomic E-state index is 0. The molecule has 0 aliphatic heterocycles. The van der Waals surface area contributed by atoms with Crippen molar-refractivity contribution in [3.8, 4) is 0 Å². The van der Waals surface area contributed by atoms with Gasteiger partial charge in [-0.2, -0.15) is 0 Å². The molecule has 0 saturated heterocycles. The smallest absolute Gasteiger partial charge is 0.0319 e. The molecule has 0 unspecified atom stereocenters. The summed E-state index contributed by atoms with van der Waals surface area (Å²) in [6.45, 7) is 0. The molecular formula is CH8ClNO2. The Balaban J connectivity index is -0.0000000133. The summed E-state index contributed by atoms with van der Waals surface area (Å²) in [7, 11) is 1.00. The normalized spacial score (nSPS) is 2.40. The van der Waals surface area contributed by atoms with Crippen LogP contribution in [0.5, 0.6) is 0 Å². The molecule has 0 amide bonds. The van der Waals surface area contributed by atoms with Crippen molar-refractivity contribution in [3.63, 3.8) is 0 Å². The van der Waals surface area contributed by atoms with Crippen molar-refractivity contribution in [1.29, 1.82) is 0 Å². The quantitative estimate of drug-likeness (QED) is 0.356. The summed E-state index contributed by atoms with van der Waals surface area (Å²) < 4.78 is 0. The predicted molar refractivity (Wildman–Crippen MR) is 21.4 cm³/mol. The predicted octanol–water partition coefficient (Wildman–Crippen LogP) is -0.635. The molecule has 36 valence electrons. The van der Waals surface area contributed by atoms with Gasteiger partial charge >= 0.3 is 0 Å². The van der Waals surface area contributed by atoms with E-state index in [9.17, 15) is 0 Å². The largest absolute Gasteiger partial charge is 0.400 e. The van der Waals surface area contributed by atoms with E-state index in [-0.39, 0.29) is 12.4 Å². The fourth-order valence-electron chi connectivity index (χ4n) is 0. The van der Waals surface area contributed by atoms with Crippen LogP contribution in [0.15, 0.2) is 0 Å². The van der Waals surface area contributed by atoms with E-state index in [1.807, 2.05) is 0 Å². The van der Waals surface area contributed by atoms with E-state index in [1.165, 1.54) is 0 Å². The van der Waals surface area contributed by atoms with Crippen LogP contribution in [0, 0.1) is 0 Å². The van der Waals surface area contributed by atoms with E-state index in [1.54, 1.807) is 0 Å². The molecule has 0 saturated carbocycles. The first-order chi connectivity index (χ1) is 2.00. The van der Waals surface area contributed by atoms with E-state index >= 15 is 0 Å². The first-order valence-corrected chi connectivity index (χ1v) is 0.705. The fourth-order valence-corrected chi connectivity index (χ4v) is 0. The zero-order chi connectivity index (χ0) is 4.00. The lowest BCUT2D eigenvalue weighted by molar-refractivity contribution is 0.311. The number of rotatable bonds is 0. The third-order valence-corrected chi connectivity index (χ3v) is 0. The summed E-state index contributed by atoms with van der Waals surface area (Å²) >= 11 is 0. The minimum atomic E-state index is 0. The van der Waals surface area contributed by atoms with Gasteiger partial charge in [-0.1, -0.05) is 0 Å². The highest BCUT2D eigenvalue weighted by molar-refractivity contribution is 5.85. The van der Waals surface area contributed by atoms with Crippen LogP contribution >= 0.6 is 12.4 Å². The Bertz CT molecular complexity index is 9.61. The van der Waals surface area contributed by atoms with Gasteiger partial charge in [0.15, 0.2) is 0 Å². The minimum Gasteiger partial charge on any atom is -0.400 e. The molecule has 3 nitrogen and oxygen atoms in total. The number of hydrogen-bond acceptors (Lipinski definition) is 3. The van der Waals surface area contributed by atoms with Gasteiger partial charge in [-0.25, -0.2) is 5.90 Å². The summed E-state index contributed by atoms with van der Waals surface area (Å²) in [5, 5.41) is 13.5. The van der Waals surface area contributed by atoms with Crippen LogP contribution < -0.4 is 5.90 Å². The molecule has 0 spiro atoms. The van der Waals surface area contributed by atoms with Gasteiger partial charge in [0.05, 0.1) is 0 Å². The monoisotopic (exact) mass is 101 g/mol. The average molecular weight is 102 g/mol. The molecule has 0 radical (unpaired) electrons. The van der Waals surface area contributed by atoms with E-state index in [0.717, 1.165) is 7.11 Å². The van der Waals surface area contributed by atoms with Gasteiger partial charge in [-0.05, 0) is 0 Å². The van der Waals surface area contributed by atoms with Gasteiger partial charge in [0.1, 0.15) is 0 Å². The summed E-state index contributed by atoms with van der Waals surface area (Å²) in [6.07, 6.45) is 0. The maximum atomic E-state index is 7.00. The molecule has 0 aliphatic carbocycles. The van der Waals surface area contributed by atoms with E-state index in [2.05, 4.69) is 5.90 Å². The van der Waals surface area contributed by atoms with Crippen LogP contribution in [0.2, 0.25) is 0 Å². The van der Waals surface area contributed by atoms with Crippen molar-refractivity contribution >= 4 is 12.4 Å². The SMILES string of the molecule is CO.Cl.NO. The van der Waals surface area contributed by atoms with Crippen molar-refractivity contribution in [2.45, 2.75) is 0 Å². The molecular weight excluding hydrogens is 93.5 g/mol. The Kier molecular flexibility index (Phi) is 5540. The molecule has 0 aliphatic rings. The van der Waals surface area contributed by atoms with Crippen LogP contribution in [0.3, 0.4) is 0 Å². The van der Waals surface area contributed by atoms with Gasteiger partial charge < -0.3 is 10.3 Å². The van der Waals surface area contributed by atoms with Crippen LogP contribution in [-0.4, -0.2) is 17.4 Å². The second kappa shape index (κ2) is 1450. The van der Waals surface area contributed by atoms with Crippen molar-refractivity contribution in [3.05, 3.63) is 0 Å². The molecule has 0 aromatic carbocycles. The highest BCUT2D eigenvalue weighted by Crippen LogP contribution is 0.755. The molecule has 4 heteroatoms. The highest BCUT2D eigenvalue weighted by atomic mass is 35.5. The third-order valence-electron chi connectivity index (χ3n) is 0. The molecule has 0 heterocycles. The van der Waals surface area contributed by atoms with Gasteiger partial charge in [0, 0.05) is 7.11 Å². The van der Waals surface area contributed by atoms with Gasteiger partial charge in [0.2, 0.25) is 0 Å². The topological polar surface area (TPSA) is 66.5 Å². The molecule has 0 fully saturated rings. The molecule has 0 aromatic heterocycles. The lowest BCUT2D eigenvalue weighted by atomic mass is 11.8. The Morgan fingerprint density at radius 2 is 1.20 bits per heavy atom. The van der Waals surface area contributed by atoms with Crippen molar-refractivity contribution in [2.24, 2.45) is 5.90 Å². The number of aliphatic hydroxyl groups is 1. The fraction of sp³-hybridized carbons (Fsp3) is 1.00. The molecule has 0 aromatic rings. The summed E-state index contributed by atoms with van der Waals surface area (Å²) in [5.74, 6) is 3.50. The lowest BCUT2D eigenvalue weighted by Gasteiger charge is -1.27. The highest BCUT2D eigenvalue weighted by Gasteiger charge is 0.839. The third kappa shape index (κ3) is 679. The van der Waals surface area contributed by atoms with Crippen molar-refractivity contribution in [2.75, 3.05) is 7.11 Å². The zero-order valence-electron chi connectivity index (χ0n) is 2.88. The average Bonchev–Trinajstić information content (AvgIpc) is 1.50. The maximum Gasteiger partial charge on any atom is 0.0319 e. The lowest BCUT2D eigenvalue weighted by Crippen LogP contribution is -1.72. The molecule has 4 N–H and O–H groups in total. The Hall–Kier alpha value is 0.170. The first kappa shape index (κ1) is 19.1. The maximum absolute atomic E-state index is 7.00.